The smallest absolute Gasteiger partial charge is 0.756 e. The summed E-state index contributed by atoms with van der Waals surface area (Å²) in [4.78, 5) is 11.3. The minimum Gasteiger partial charge on any atom is -0.756 e. The summed E-state index contributed by atoms with van der Waals surface area (Å²) in [6.45, 7) is 6.68. The molecule has 0 saturated carbocycles. The summed E-state index contributed by atoms with van der Waals surface area (Å²) >= 11 is 0. The first-order chi connectivity index (χ1) is 8.48. The second-order valence-electron chi connectivity index (χ2n) is 5.06. The standard InChI is InChI=1S/C13H29O4P.Na/c1-4-5-6-7-8-9-11-16-18(14,15)17-12-10-13(2)3;/h13H,4-12H2,1-3H3,(H,14,15);/q;+1/p-1. The van der Waals surface area contributed by atoms with E-state index in [4.69, 9.17) is 9.05 Å². The third-order valence-electron chi connectivity index (χ3n) is 2.69. The van der Waals surface area contributed by atoms with Gasteiger partial charge in [-0.1, -0.05) is 52.9 Å². The van der Waals surface area contributed by atoms with Crippen molar-refractivity contribution in [3.63, 3.8) is 0 Å². The Labute approximate surface area is 140 Å². The zero-order valence-electron chi connectivity index (χ0n) is 13.0. The zero-order valence-corrected chi connectivity index (χ0v) is 15.9. The van der Waals surface area contributed by atoms with Crippen molar-refractivity contribution in [3.8, 4) is 0 Å². The summed E-state index contributed by atoms with van der Waals surface area (Å²) in [7, 11) is -4.06. The maximum atomic E-state index is 11.3. The Bertz CT molecular complexity index is 237. The fraction of sp³-hybridized carbons (Fsp3) is 1.00. The fourth-order valence-corrected chi connectivity index (χ4v) is 2.25. The Morgan fingerprint density at radius 3 is 2.11 bits per heavy atom. The van der Waals surface area contributed by atoms with Crippen molar-refractivity contribution in [1.82, 2.24) is 0 Å². The zero-order chi connectivity index (χ0) is 13.9. The van der Waals surface area contributed by atoms with E-state index in [2.05, 4.69) is 6.92 Å². The average Bonchev–Trinajstić information content (AvgIpc) is 2.27. The van der Waals surface area contributed by atoms with Crippen molar-refractivity contribution >= 4 is 7.82 Å². The summed E-state index contributed by atoms with van der Waals surface area (Å²) in [6, 6.07) is 0. The Kier molecular flexibility index (Phi) is 16.6. The van der Waals surface area contributed by atoms with Gasteiger partial charge in [0.25, 0.3) is 7.82 Å². The molecule has 0 N–H and O–H groups in total. The number of unbranched alkanes of at least 4 members (excludes halogenated alkanes) is 5. The van der Waals surface area contributed by atoms with Crippen molar-refractivity contribution in [1.29, 1.82) is 0 Å². The van der Waals surface area contributed by atoms with Crippen molar-refractivity contribution in [2.24, 2.45) is 5.92 Å². The van der Waals surface area contributed by atoms with Crippen LogP contribution in [0.2, 0.25) is 0 Å². The van der Waals surface area contributed by atoms with E-state index in [1.165, 1.54) is 19.3 Å². The molecule has 0 radical (unpaired) electrons. The van der Waals surface area contributed by atoms with Gasteiger partial charge in [0.2, 0.25) is 0 Å². The van der Waals surface area contributed by atoms with E-state index in [0.717, 1.165) is 25.7 Å². The molecule has 0 aromatic heterocycles. The molecule has 19 heavy (non-hydrogen) atoms. The van der Waals surface area contributed by atoms with E-state index in [1.807, 2.05) is 13.8 Å². The molecule has 4 nitrogen and oxygen atoms in total. The van der Waals surface area contributed by atoms with E-state index < -0.39 is 7.82 Å². The van der Waals surface area contributed by atoms with Crippen molar-refractivity contribution < 1.29 is 48.1 Å². The normalized spacial score (nSPS) is 14.2. The molecule has 0 aliphatic heterocycles. The first-order valence-electron chi connectivity index (χ1n) is 7.08. The summed E-state index contributed by atoms with van der Waals surface area (Å²) in [5.74, 6) is 0.434. The van der Waals surface area contributed by atoms with E-state index in [9.17, 15) is 9.46 Å². The minimum atomic E-state index is -4.06. The molecule has 0 aromatic carbocycles. The Hall–Kier alpha value is 1.11. The molecule has 0 fully saturated rings. The van der Waals surface area contributed by atoms with E-state index >= 15 is 0 Å². The van der Waals surface area contributed by atoms with Crippen LogP contribution < -0.4 is 34.5 Å². The van der Waals surface area contributed by atoms with Crippen LogP contribution in [-0.2, 0) is 13.6 Å². The summed E-state index contributed by atoms with van der Waals surface area (Å²) in [6.07, 6.45) is 7.36. The number of phosphoric ester groups is 1. The van der Waals surface area contributed by atoms with Crippen LogP contribution in [-0.4, -0.2) is 13.2 Å². The predicted molar refractivity (Wildman–Crippen MR) is 72.3 cm³/mol. The summed E-state index contributed by atoms with van der Waals surface area (Å²) in [5, 5.41) is 0. The minimum absolute atomic E-state index is 0. The molecule has 0 aromatic rings. The molecule has 0 heterocycles. The maximum absolute atomic E-state index is 11.3. The Morgan fingerprint density at radius 2 is 1.53 bits per heavy atom. The number of hydrogen-bond donors (Lipinski definition) is 0. The molecule has 0 spiro atoms. The molecule has 0 aliphatic carbocycles. The number of phosphoric acid groups is 1. The van der Waals surface area contributed by atoms with Gasteiger partial charge in [0.1, 0.15) is 0 Å². The molecule has 0 amide bonds. The maximum Gasteiger partial charge on any atom is 1.00 e. The Balaban J connectivity index is 0. The molecule has 1 unspecified atom stereocenters. The van der Waals surface area contributed by atoms with Gasteiger partial charge in [-0.2, -0.15) is 0 Å². The van der Waals surface area contributed by atoms with Crippen LogP contribution in [0.3, 0.4) is 0 Å². The van der Waals surface area contributed by atoms with Gasteiger partial charge in [0, 0.05) is 0 Å². The summed E-state index contributed by atoms with van der Waals surface area (Å²) in [5.41, 5.74) is 0. The van der Waals surface area contributed by atoms with Crippen LogP contribution in [0.25, 0.3) is 0 Å². The second-order valence-corrected chi connectivity index (χ2v) is 6.47. The van der Waals surface area contributed by atoms with Crippen molar-refractivity contribution in [2.45, 2.75) is 65.7 Å². The van der Waals surface area contributed by atoms with Gasteiger partial charge >= 0.3 is 29.6 Å². The number of hydrogen-bond acceptors (Lipinski definition) is 4. The third kappa shape index (κ3) is 17.1. The Morgan fingerprint density at radius 1 is 1.00 bits per heavy atom. The molecule has 6 heteroatoms. The molecule has 0 rings (SSSR count). The van der Waals surface area contributed by atoms with Gasteiger partial charge in [-0.05, 0) is 18.8 Å². The van der Waals surface area contributed by atoms with E-state index in [1.54, 1.807) is 0 Å². The molecule has 110 valence electrons. The predicted octanol–water partition coefficient (Wildman–Crippen LogP) is 0.899. The van der Waals surface area contributed by atoms with Gasteiger partial charge in [-0.15, -0.1) is 0 Å². The van der Waals surface area contributed by atoms with Gasteiger partial charge in [0.05, 0.1) is 13.2 Å². The molecule has 1 atom stereocenters. The first-order valence-corrected chi connectivity index (χ1v) is 8.54. The van der Waals surface area contributed by atoms with Gasteiger partial charge in [-0.25, -0.2) is 0 Å². The molecule has 0 bridgehead atoms. The fourth-order valence-electron chi connectivity index (χ4n) is 1.50. The molecule has 0 saturated heterocycles. The van der Waals surface area contributed by atoms with Crippen LogP contribution in [0.4, 0.5) is 0 Å². The van der Waals surface area contributed by atoms with E-state index in [0.29, 0.717) is 5.92 Å². The SMILES string of the molecule is CCCCCCCCOP(=O)([O-])OCCC(C)C.[Na+]. The summed E-state index contributed by atoms with van der Waals surface area (Å²) < 4.78 is 20.9. The average molecular weight is 302 g/mol. The monoisotopic (exact) mass is 302 g/mol. The molecule has 0 aliphatic rings. The number of rotatable bonds is 12. The van der Waals surface area contributed by atoms with Gasteiger partial charge in [-0.3, -0.25) is 4.57 Å². The molecular formula is C13H28NaO4P. The van der Waals surface area contributed by atoms with Gasteiger partial charge in [0.15, 0.2) is 0 Å². The topological polar surface area (TPSA) is 58.6 Å². The van der Waals surface area contributed by atoms with Crippen molar-refractivity contribution in [2.75, 3.05) is 13.2 Å². The quantitative estimate of drug-likeness (QED) is 0.305. The van der Waals surface area contributed by atoms with Crippen LogP contribution in [0, 0.1) is 5.92 Å². The largest absolute Gasteiger partial charge is 1.00 e. The van der Waals surface area contributed by atoms with E-state index in [-0.39, 0.29) is 42.8 Å². The van der Waals surface area contributed by atoms with Crippen LogP contribution >= 0.6 is 7.82 Å². The van der Waals surface area contributed by atoms with Crippen molar-refractivity contribution in [3.05, 3.63) is 0 Å². The van der Waals surface area contributed by atoms with Gasteiger partial charge < -0.3 is 13.9 Å². The molecular weight excluding hydrogens is 274 g/mol. The third-order valence-corrected chi connectivity index (χ3v) is 3.69. The van der Waals surface area contributed by atoms with Crippen LogP contribution in [0.5, 0.6) is 0 Å². The van der Waals surface area contributed by atoms with Crippen LogP contribution in [0.15, 0.2) is 0 Å². The first kappa shape index (κ1) is 22.4. The second kappa shape index (κ2) is 14.1. The van der Waals surface area contributed by atoms with Crippen LogP contribution in [0.1, 0.15) is 65.7 Å².